The molecule has 1 aromatic heterocycles. The van der Waals surface area contributed by atoms with Crippen molar-refractivity contribution in [3.63, 3.8) is 0 Å². The van der Waals surface area contributed by atoms with Crippen molar-refractivity contribution in [3.8, 4) is 0 Å². The molecule has 0 bridgehead atoms. The number of sulfonamides is 1. The van der Waals surface area contributed by atoms with Crippen molar-refractivity contribution in [2.24, 2.45) is 7.05 Å². The van der Waals surface area contributed by atoms with E-state index < -0.39 is 33.0 Å². The molecular formula is C14H21N3O5S. The topological polar surface area (TPSA) is 106 Å². The summed E-state index contributed by atoms with van der Waals surface area (Å²) in [6, 6.07) is 1.26. The van der Waals surface area contributed by atoms with Gasteiger partial charge in [0.15, 0.2) is 0 Å². The van der Waals surface area contributed by atoms with E-state index in [9.17, 15) is 18.0 Å². The third kappa shape index (κ3) is 3.25. The van der Waals surface area contributed by atoms with Gasteiger partial charge in [0.1, 0.15) is 21.7 Å². The Bertz CT molecular complexity index is 765. The van der Waals surface area contributed by atoms with Crippen LogP contribution in [-0.2, 0) is 26.6 Å². The fraction of sp³-hybridized carbons (Fsp3) is 0.571. The van der Waals surface area contributed by atoms with E-state index in [1.165, 1.54) is 30.8 Å². The molecule has 2 N–H and O–H groups in total. The van der Waals surface area contributed by atoms with Crippen molar-refractivity contribution < 1.29 is 22.7 Å². The van der Waals surface area contributed by atoms with Crippen molar-refractivity contribution in [3.05, 3.63) is 18.0 Å². The van der Waals surface area contributed by atoms with E-state index in [1.807, 2.05) is 0 Å². The molecular weight excluding hydrogens is 322 g/mol. The molecule has 1 aliphatic rings. The maximum Gasteiger partial charge on any atom is 0.327 e. The highest BCUT2D eigenvalue weighted by Gasteiger charge is 2.51. The van der Waals surface area contributed by atoms with Gasteiger partial charge < -0.3 is 14.6 Å². The van der Waals surface area contributed by atoms with Gasteiger partial charge >= 0.3 is 5.97 Å². The Morgan fingerprint density at radius 3 is 2.43 bits per heavy atom. The predicted molar refractivity (Wildman–Crippen MR) is 82.3 cm³/mol. The number of nitrogens with zero attached hydrogens (tertiary/aromatic N) is 1. The third-order valence-electron chi connectivity index (χ3n) is 3.71. The van der Waals surface area contributed by atoms with Crippen LogP contribution in [0.2, 0.25) is 0 Å². The van der Waals surface area contributed by atoms with E-state index in [2.05, 4.69) is 10.0 Å². The summed E-state index contributed by atoms with van der Waals surface area (Å²) in [7, 11) is -0.955. The third-order valence-corrected chi connectivity index (χ3v) is 5.27. The number of aryl methyl sites for hydroxylation is 1. The van der Waals surface area contributed by atoms with Crippen LogP contribution in [0.3, 0.4) is 0 Å². The Hall–Kier alpha value is -1.87. The lowest BCUT2D eigenvalue weighted by Gasteiger charge is -2.21. The predicted octanol–water partition coefficient (Wildman–Crippen LogP) is 0.147. The molecule has 1 aliphatic heterocycles. The molecule has 0 radical (unpaired) electrons. The number of amides is 1. The SMILES string of the molecule is CNC(=O)c1cc(S(=O)(=O)NC2(C)CC(C)(C)OC2=O)cn1C. The van der Waals surface area contributed by atoms with Gasteiger partial charge in [-0.15, -0.1) is 0 Å². The standard InChI is InChI=1S/C14H21N3O5S/c1-13(2)8-14(3,12(19)22-13)16-23(20,21)9-6-10(11(18)15-4)17(5)7-9/h6-7,16H,8H2,1-5H3,(H,15,18). The molecule has 0 saturated carbocycles. The summed E-state index contributed by atoms with van der Waals surface area (Å²) in [5.74, 6) is -1.02. The Labute approximate surface area is 135 Å². The number of carbonyl (C=O) groups is 2. The lowest BCUT2D eigenvalue weighted by Crippen LogP contribution is -2.49. The summed E-state index contributed by atoms with van der Waals surface area (Å²) in [6.07, 6.45) is 1.54. The van der Waals surface area contributed by atoms with Crippen molar-refractivity contribution in [2.75, 3.05) is 7.05 Å². The van der Waals surface area contributed by atoms with E-state index in [4.69, 9.17) is 4.74 Å². The zero-order valence-corrected chi connectivity index (χ0v) is 14.6. The van der Waals surface area contributed by atoms with E-state index in [0.29, 0.717) is 0 Å². The van der Waals surface area contributed by atoms with Crippen LogP contribution >= 0.6 is 0 Å². The highest BCUT2D eigenvalue weighted by atomic mass is 32.2. The highest BCUT2D eigenvalue weighted by Crippen LogP contribution is 2.34. The molecule has 0 aliphatic carbocycles. The van der Waals surface area contributed by atoms with Crippen LogP contribution in [0.25, 0.3) is 0 Å². The first kappa shape index (κ1) is 17.5. The molecule has 9 heteroatoms. The first-order valence-electron chi connectivity index (χ1n) is 7.06. The normalized spacial score (nSPS) is 23.6. The number of rotatable bonds is 4. The van der Waals surface area contributed by atoms with E-state index >= 15 is 0 Å². The lowest BCUT2D eigenvalue weighted by molar-refractivity contribution is -0.149. The second kappa shape index (κ2) is 5.34. The number of hydrogen-bond donors (Lipinski definition) is 2. The summed E-state index contributed by atoms with van der Waals surface area (Å²) >= 11 is 0. The second-order valence-electron chi connectivity index (χ2n) is 6.51. The number of hydrogen-bond acceptors (Lipinski definition) is 5. The van der Waals surface area contributed by atoms with Gasteiger partial charge in [-0.25, -0.2) is 8.42 Å². The molecule has 1 saturated heterocycles. The Morgan fingerprint density at radius 1 is 1.35 bits per heavy atom. The van der Waals surface area contributed by atoms with Crippen LogP contribution in [-0.4, -0.2) is 43.0 Å². The van der Waals surface area contributed by atoms with Crippen LogP contribution < -0.4 is 10.0 Å². The summed E-state index contributed by atoms with van der Waals surface area (Å²) in [6.45, 7) is 4.93. The summed E-state index contributed by atoms with van der Waals surface area (Å²) in [5.41, 5.74) is -1.88. The number of nitrogens with one attached hydrogen (secondary N) is 2. The quantitative estimate of drug-likeness (QED) is 0.757. The maximum absolute atomic E-state index is 12.6. The molecule has 2 heterocycles. The van der Waals surface area contributed by atoms with Gasteiger partial charge in [-0.1, -0.05) is 0 Å². The molecule has 0 aromatic carbocycles. The maximum atomic E-state index is 12.6. The first-order valence-corrected chi connectivity index (χ1v) is 8.54. The van der Waals surface area contributed by atoms with Gasteiger partial charge in [-0.3, -0.25) is 9.59 Å². The molecule has 0 spiro atoms. The van der Waals surface area contributed by atoms with Gasteiger partial charge in [-0.05, 0) is 26.8 Å². The van der Waals surface area contributed by atoms with Crippen LogP contribution in [0.15, 0.2) is 17.2 Å². The smallest absolute Gasteiger partial charge is 0.327 e. The minimum atomic E-state index is -3.98. The Morgan fingerprint density at radius 2 is 1.96 bits per heavy atom. The second-order valence-corrected chi connectivity index (χ2v) is 8.20. The first-order chi connectivity index (χ1) is 10.4. The van der Waals surface area contributed by atoms with Gasteiger partial charge in [-0.2, -0.15) is 4.72 Å². The molecule has 1 unspecified atom stereocenters. The Balaban J connectivity index is 2.33. The van der Waals surface area contributed by atoms with E-state index in [-0.39, 0.29) is 17.0 Å². The fourth-order valence-electron chi connectivity index (χ4n) is 2.79. The van der Waals surface area contributed by atoms with E-state index in [1.54, 1.807) is 20.9 Å². The number of aromatic nitrogens is 1. The number of esters is 1. The molecule has 8 nitrogen and oxygen atoms in total. The van der Waals surface area contributed by atoms with Crippen LogP contribution in [0, 0.1) is 0 Å². The lowest BCUT2D eigenvalue weighted by atomic mass is 9.93. The minimum absolute atomic E-state index is 0.0858. The summed E-state index contributed by atoms with van der Waals surface area (Å²) in [5, 5.41) is 2.44. The average Bonchev–Trinajstić information content (AvgIpc) is 2.86. The summed E-state index contributed by atoms with van der Waals surface area (Å²) in [4.78, 5) is 23.6. The molecule has 2 rings (SSSR count). The van der Waals surface area contributed by atoms with E-state index in [0.717, 1.165) is 0 Å². The zero-order chi connectivity index (χ0) is 17.6. The number of ether oxygens (including phenoxy) is 1. The highest BCUT2D eigenvalue weighted by molar-refractivity contribution is 7.89. The molecule has 1 aromatic rings. The molecule has 1 atom stereocenters. The Kier molecular flexibility index (Phi) is 4.06. The largest absolute Gasteiger partial charge is 0.458 e. The van der Waals surface area contributed by atoms with Crippen LogP contribution in [0.5, 0.6) is 0 Å². The van der Waals surface area contributed by atoms with Crippen molar-refractivity contribution in [1.29, 1.82) is 0 Å². The van der Waals surface area contributed by atoms with Gasteiger partial charge in [0.25, 0.3) is 5.91 Å². The van der Waals surface area contributed by atoms with Crippen molar-refractivity contribution in [1.82, 2.24) is 14.6 Å². The number of carbonyl (C=O) groups excluding carboxylic acids is 2. The molecule has 128 valence electrons. The molecule has 23 heavy (non-hydrogen) atoms. The number of cyclic esters (lactones) is 1. The van der Waals surface area contributed by atoms with Crippen molar-refractivity contribution >= 4 is 21.9 Å². The van der Waals surface area contributed by atoms with Crippen molar-refractivity contribution in [2.45, 2.75) is 43.2 Å². The van der Waals surface area contributed by atoms with Gasteiger partial charge in [0, 0.05) is 26.7 Å². The van der Waals surface area contributed by atoms with Crippen LogP contribution in [0.4, 0.5) is 0 Å². The summed E-state index contributed by atoms with van der Waals surface area (Å²) < 4.78 is 34.1. The molecule has 1 amide bonds. The fourth-order valence-corrected chi connectivity index (χ4v) is 4.22. The zero-order valence-electron chi connectivity index (χ0n) is 13.8. The van der Waals surface area contributed by atoms with Gasteiger partial charge in [0.05, 0.1) is 0 Å². The monoisotopic (exact) mass is 343 g/mol. The van der Waals surface area contributed by atoms with Gasteiger partial charge in [0.2, 0.25) is 10.0 Å². The average molecular weight is 343 g/mol. The van der Waals surface area contributed by atoms with Crippen LogP contribution in [0.1, 0.15) is 37.7 Å². The minimum Gasteiger partial charge on any atom is -0.458 e. The molecule has 1 fully saturated rings.